The van der Waals surface area contributed by atoms with Gasteiger partial charge in [-0.1, -0.05) is 17.3 Å². The Bertz CT molecular complexity index is 719. The summed E-state index contributed by atoms with van der Waals surface area (Å²) in [5.41, 5.74) is 1.03. The number of aromatic nitrogens is 1. The molecule has 0 amide bonds. The fourth-order valence-electron chi connectivity index (χ4n) is 2.15. The minimum atomic E-state index is -3.73. The van der Waals surface area contributed by atoms with Crippen molar-refractivity contribution in [1.29, 1.82) is 0 Å². The molecule has 114 valence electrons. The van der Waals surface area contributed by atoms with Gasteiger partial charge in [-0.25, -0.2) is 12.8 Å². The van der Waals surface area contributed by atoms with Crippen LogP contribution in [-0.4, -0.2) is 24.9 Å². The van der Waals surface area contributed by atoms with Crippen LogP contribution in [0.4, 0.5) is 4.39 Å². The normalized spacial score (nSPS) is 13.6. The maximum absolute atomic E-state index is 13.0. The number of nitrogens with zero attached hydrogens (tertiary/aromatic N) is 2. The van der Waals surface area contributed by atoms with Gasteiger partial charge in [-0.2, -0.15) is 4.31 Å². The second kappa shape index (κ2) is 5.57. The number of benzene rings is 1. The average molecular weight is 312 g/mol. The fraction of sp³-hybridized carbons (Fsp3) is 0.357. The van der Waals surface area contributed by atoms with Gasteiger partial charge in [0.2, 0.25) is 10.0 Å². The highest BCUT2D eigenvalue weighted by Crippen LogP contribution is 2.29. The molecule has 1 aromatic carbocycles. The van der Waals surface area contributed by atoms with Crippen molar-refractivity contribution in [2.75, 3.05) is 7.05 Å². The Labute approximate surface area is 123 Å². The van der Waals surface area contributed by atoms with E-state index in [4.69, 9.17) is 4.52 Å². The van der Waals surface area contributed by atoms with Crippen LogP contribution in [0.3, 0.4) is 0 Å². The third kappa shape index (κ3) is 2.84. The minimum absolute atomic E-state index is 0.0824. The molecule has 0 radical (unpaired) electrons. The van der Waals surface area contributed by atoms with Gasteiger partial charge in [-0.3, -0.25) is 0 Å². The van der Waals surface area contributed by atoms with Crippen molar-refractivity contribution in [3.05, 3.63) is 47.1 Å². The molecule has 1 heterocycles. The fourth-order valence-corrected chi connectivity index (χ4v) is 3.78. The summed E-state index contributed by atoms with van der Waals surface area (Å²) in [4.78, 5) is 0.0824. The van der Waals surface area contributed by atoms with Crippen LogP contribution in [0.1, 0.15) is 30.0 Å². The summed E-state index contributed by atoms with van der Waals surface area (Å²) in [6.45, 7) is 4.88. The highest BCUT2D eigenvalue weighted by Gasteiger charge is 2.31. The Morgan fingerprint density at radius 3 is 2.29 bits per heavy atom. The molecule has 0 fully saturated rings. The third-order valence-corrected chi connectivity index (χ3v) is 5.68. The molecule has 7 heteroatoms. The molecule has 1 aromatic heterocycles. The molecule has 1 atom stereocenters. The lowest BCUT2D eigenvalue weighted by Crippen LogP contribution is -2.30. The maximum atomic E-state index is 13.0. The average Bonchev–Trinajstić information content (AvgIpc) is 2.78. The molecule has 5 nitrogen and oxygen atoms in total. The van der Waals surface area contributed by atoms with Crippen LogP contribution in [0.5, 0.6) is 0 Å². The molecule has 1 unspecified atom stereocenters. The van der Waals surface area contributed by atoms with E-state index in [0.29, 0.717) is 11.3 Å². The van der Waals surface area contributed by atoms with Crippen molar-refractivity contribution in [3.8, 4) is 0 Å². The summed E-state index contributed by atoms with van der Waals surface area (Å²) >= 11 is 0. The standard InChI is InChI=1S/C14H17FN2O3S/c1-9-14(11(3)20-16-9)21(18,19)17(4)10(2)12-5-7-13(15)8-6-12/h5-8,10H,1-4H3. The molecule has 2 rings (SSSR count). The SMILES string of the molecule is Cc1noc(C)c1S(=O)(=O)N(C)C(C)c1ccc(F)cc1. The largest absolute Gasteiger partial charge is 0.360 e. The van der Waals surface area contributed by atoms with E-state index >= 15 is 0 Å². The van der Waals surface area contributed by atoms with Gasteiger partial charge in [0.25, 0.3) is 0 Å². The Morgan fingerprint density at radius 1 is 1.24 bits per heavy atom. The molecule has 2 aromatic rings. The first-order chi connectivity index (χ1) is 9.75. The van der Waals surface area contributed by atoms with E-state index in [2.05, 4.69) is 5.16 Å². The van der Waals surface area contributed by atoms with Gasteiger partial charge in [-0.05, 0) is 38.5 Å². The van der Waals surface area contributed by atoms with Gasteiger partial charge in [0.1, 0.15) is 16.4 Å². The second-order valence-corrected chi connectivity index (χ2v) is 6.84. The summed E-state index contributed by atoms with van der Waals surface area (Å²) in [7, 11) is -2.25. The Balaban J connectivity index is 2.38. The van der Waals surface area contributed by atoms with Crippen molar-refractivity contribution >= 4 is 10.0 Å². The summed E-state index contributed by atoms with van der Waals surface area (Å²) in [5.74, 6) is -0.104. The number of hydrogen-bond donors (Lipinski definition) is 0. The maximum Gasteiger partial charge on any atom is 0.248 e. The first-order valence-corrected chi connectivity index (χ1v) is 7.85. The summed E-state index contributed by atoms with van der Waals surface area (Å²) in [6, 6.07) is 5.31. The monoisotopic (exact) mass is 312 g/mol. The van der Waals surface area contributed by atoms with Crippen LogP contribution >= 0.6 is 0 Å². The minimum Gasteiger partial charge on any atom is -0.360 e. The summed E-state index contributed by atoms with van der Waals surface area (Å²) in [5, 5.41) is 3.68. The van der Waals surface area contributed by atoms with E-state index in [-0.39, 0.29) is 16.5 Å². The highest BCUT2D eigenvalue weighted by atomic mass is 32.2. The quantitative estimate of drug-likeness (QED) is 0.871. The third-order valence-electron chi connectivity index (χ3n) is 3.50. The lowest BCUT2D eigenvalue weighted by molar-refractivity contribution is 0.384. The van der Waals surface area contributed by atoms with Crippen molar-refractivity contribution in [3.63, 3.8) is 0 Å². The molecule has 0 aliphatic heterocycles. The number of sulfonamides is 1. The van der Waals surface area contributed by atoms with Gasteiger partial charge >= 0.3 is 0 Å². The van der Waals surface area contributed by atoms with Crippen molar-refractivity contribution < 1.29 is 17.3 Å². The molecule has 0 aliphatic carbocycles. The molecular weight excluding hydrogens is 295 g/mol. The van der Waals surface area contributed by atoms with Gasteiger partial charge in [0.05, 0.1) is 0 Å². The van der Waals surface area contributed by atoms with Gasteiger partial charge in [0.15, 0.2) is 5.76 Å². The highest BCUT2D eigenvalue weighted by molar-refractivity contribution is 7.89. The van der Waals surface area contributed by atoms with Gasteiger partial charge in [-0.15, -0.1) is 0 Å². The van der Waals surface area contributed by atoms with E-state index in [1.165, 1.54) is 23.5 Å². The van der Waals surface area contributed by atoms with E-state index in [9.17, 15) is 12.8 Å². The Morgan fingerprint density at radius 2 is 1.81 bits per heavy atom. The molecule has 0 saturated carbocycles. The van der Waals surface area contributed by atoms with Gasteiger partial charge < -0.3 is 4.52 Å². The number of halogens is 1. The van der Waals surface area contributed by atoms with E-state index in [1.54, 1.807) is 32.9 Å². The molecule has 21 heavy (non-hydrogen) atoms. The number of hydrogen-bond acceptors (Lipinski definition) is 4. The van der Waals surface area contributed by atoms with Crippen molar-refractivity contribution in [2.45, 2.75) is 31.7 Å². The van der Waals surface area contributed by atoms with Gasteiger partial charge in [0, 0.05) is 13.1 Å². The lowest BCUT2D eigenvalue weighted by Gasteiger charge is -2.24. The van der Waals surface area contributed by atoms with E-state index in [0.717, 1.165) is 0 Å². The van der Waals surface area contributed by atoms with E-state index in [1.807, 2.05) is 0 Å². The zero-order valence-corrected chi connectivity index (χ0v) is 13.1. The van der Waals surface area contributed by atoms with Crippen LogP contribution < -0.4 is 0 Å². The Kier molecular flexibility index (Phi) is 4.15. The lowest BCUT2D eigenvalue weighted by atomic mass is 10.1. The molecule has 0 bridgehead atoms. The van der Waals surface area contributed by atoms with E-state index < -0.39 is 16.1 Å². The first kappa shape index (κ1) is 15.7. The predicted molar refractivity (Wildman–Crippen MR) is 75.7 cm³/mol. The summed E-state index contributed by atoms with van der Waals surface area (Å²) in [6.07, 6.45) is 0. The van der Waals surface area contributed by atoms with Crippen molar-refractivity contribution in [1.82, 2.24) is 9.46 Å². The van der Waals surface area contributed by atoms with Crippen molar-refractivity contribution in [2.24, 2.45) is 0 Å². The Hall–Kier alpha value is -1.73. The smallest absolute Gasteiger partial charge is 0.248 e. The number of rotatable bonds is 4. The molecule has 0 spiro atoms. The second-order valence-electron chi connectivity index (χ2n) is 4.90. The molecule has 0 N–H and O–H groups in total. The van der Waals surface area contributed by atoms with Crippen LogP contribution in [0, 0.1) is 19.7 Å². The first-order valence-electron chi connectivity index (χ1n) is 6.41. The summed E-state index contributed by atoms with van der Waals surface area (Å²) < 4.78 is 44.5. The predicted octanol–water partition coefficient (Wildman–Crippen LogP) is 2.81. The van der Waals surface area contributed by atoms with Crippen LogP contribution in [-0.2, 0) is 10.0 Å². The zero-order chi connectivity index (χ0) is 15.8. The topological polar surface area (TPSA) is 63.4 Å². The molecule has 0 aliphatic rings. The molecular formula is C14H17FN2O3S. The van der Waals surface area contributed by atoms with Crippen LogP contribution in [0.2, 0.25) is 0 Å². The van der Waals surface area contributed by atoms with Crippen LogP contribution in [0.15, 0.2) is 33.7 Å². The van der Waals surface area contributed by atoms with Crippen LogP contribution in [0.25, 0.3) is 0 Å². The number of aryl methyl sites for hydroxylation is 2. The zero-order valence-electron chi connectivity index (χ0n) is 12.3. The molecule has 0 saturated heterocycles.